The minimum absolute atomic E-state index is 0.501. The topological polar surface area (TPSA) is 44.5 Å². The van der Waals surface area contributed by atoms with E-state index in [4.69, 9.17) is 15.2 Å². The van der Waals surface area contributed by atoms with Crippen LogP contribution >= 0.6 is 0 Å². The van der Waals surface area contributed by atoms with E-state index in [-0.39, 0.29) is 0 Å². The summed E-state index contributed by atoms with van der Waals surface area (Å²) in [5.74, 6) is 2.06. The van der Waals surface area contributed by atoms with Crippen LogP contribution in [0.15, 0.2) is 18.2 Å². The molecule has 0 amide bonds. The van der Waals surface area contributed by atoms with Crippen LogP contribution in [0.2, 0.25) is 0 Å². The Morgan fingerprint density at radius 3 is 2.31 bits per heavy atom. The molecular formula is C13H21NO2. The molecule has 1 aromatic carbocycles. The minimum atomic E-state index is 0.501. The van der Waals surface area contributed by atoms with Crippen LogP contribution in [0, 0.1) is 5.92 Å². The normalized spacial score (nSPS) is 10.5. The molecule has 1 rings (SSSR count). The van der Waals surface area contributed by atoms with Crippen molar-refractivity contribution in [1.29, 1.82) is 0 Å². The predicted molar refractivity (Wildman–Crippen MR) is 67.0 cm³/mol. The van der Waals surface area contributed by atoms with Gasteiger partial charge >= 0.3 is 0 Å². The first-order valence-corrected chi connectivity index (χ1v) is 5.78. The van der Waals surface area contributed by atoms with E-state index in [2.05, 4.69) is 20.8 Å². The second-order valence-corrected chi connectivity index (χ2v) is 4.29. The lowest BCUT2D eigenvalue weighted by Gasteiger charge is -2.11. The summed E-state index contributed by atoms with van der Waals surface area (Å²) in [5.41, 5.74) is 6.45. The zero-order chi connectivity index (χ0) is 12.0. The molecule has 3 heteroatoms. The maximum Gasteiger partial charge on any atom is 0.125 e. The largest absolute Gasteiger partial charge is 0.493 e. The fourth-order valence-corrected chi connectivity index (χ4v) is 1.24. The van der Waals surface area contributed by atoms with Crippen molar-refractivity contribution in [2.45, 2.75) is 27.2 Å². The lowest BCUT2D eigenvalue weighted by atomic mass is 10.2. The highest BCUT2D eigenvalue weighted by Gasteiger charge is 2.02. The highest BCUT2D eigenvalue weighted by atomic mass is 16.5. The molecule has 2 N–H and O–H groups in total. The van der Waals surface area contributed by atoms with Crippen molar-refractivity contribution in [3.05, 3.63) is 18.2 Å². The van der Waals surface area contributed by atoms with E-state index in [1.807, 2.05) is 18.2 Å². The van der Waals surface area contributed by atoms with Crippen molar-refractivity contribution in [3.8, 4) is 11.5 Å². The Balaban J connectivity index is 2.65. The first-order chi connectivity index (χ1) is 7.61. The van der Waals surface area contributed by atoms with Crippen molar-refractivity contribution in [1.82, 2.24) is 0 Å². The fourth-order valence-electron chi connectivity index (χ4n) is 1.24. The molecule has 0 radical (unpaired) electrons. The third-order valence-corrected chi connectivity index (χ3v) is 1.96. The van der Waals surface area contributed by atoms with E-state index in [0.717, 1.165) is 17.9 Å². The average molecular weight is 223 g/mol. The number of nitrogen functional groups attached to an aromatic ring is 1. The third kappa shape index (κ3) is 4.43. The minimum Gasteiger partial charge on any atom is -0.493 e. The fraction of sp³-hybridized carbons (Fsp3) is 0.538. The van der Waals surface area contributed by atoms with E-state index in [1.54, 1.807) is 0 Å². The van der Waals surface area contributed by atoms with E-state index in [9.17, 15) is 0 Å². The van der Waals surface area contributed by atoms with Gasteiger partial charge in [0.15, 0.2) is 0 Å². The molecule has 0 aliphatic heterocycles. The molecule has 0 aromatic heterocycles. The monoisotopic (exact) mass is 223 g/mol. The number of hydrogen-bond acceptors (Lipinski definition) is 3. The number of ether oxygens (including phenoxy) is 2. The first-order valence-electron chi connectivity index (χ1n) is 5.78. The van der Waals surface area contributed by atoms with Gasteiger partial charge in [-0.1, -0.05) is 20.8 Å². The van der Waals surface area contributed by atoms with Gasteiger partial charge in [-0.05, 0) is 12.3 Å². The lowest BCUT2D eigenvalue weighted by Crippen LogP contribution is -2.05. The van der Waals surface area contributed by atoms with Crippen molar-refractivity contribution in [3.63, 3.8) is 0 Å². The highest BCUT2D eigenvalue weighted by Crippen LogP contribution is 2.24. The number of benzene rings is 1. The molecular weight excluding hydrogens is 202 g/mol. The Bertz CT molecular complexity index is 324. The van der Waals surface area contributed by atoms with Gasteiger partial charge < -0.3 is 15.2 Å². The molecule has 0 bridgehead atoms. The zero-order valence-corrected chi connectivity index (χ0v) is 10.3. The maximum absolute atomic E-state index is 5.78. The van der Waals surface area contributed by atoms with Gasteiger partial charge in [0.1, 0.15) is 11.5 Å². The SMILES string of the molecule is CCCOc1cc(N)cc(OCC(C)C)c1. The van der Waals surface area contributed by atoms with Crippen molar-refractivity contribution >= 4 is 5.69 Å². The number of anilines is 1. The van der Waals surface area contributed by atoms with Gasteiger partial charge in [0.05, 0.1) is 13.2 Å². The number of nitrogens with two attached hydrogens (primary N) is 1. The summed E-state index contributed by atoms with van der Waals surface area (Å²) in [4.78, 5) is 0. The molecule has 16 heavy (non-hydrogen) atoms. The molecule has 90 valence electrons. The Morgan fingerprint density at radius 1 is 1.12 bits per heavy atom. The Labute approximate surface area is 97.6 Å². The second-order valence-electron chi connectivity index (χ2n) is 4.29. The van der Waals surface area contributed by atoms with E-state index in [0.29, 0.717) is 24.8 Å². The maximum atomic E-state index is 5.78. The standard InChI is InChI=1S/C13H21NO2/c1-4-5-15-12-6-11(14)7-13(8-12)16-9-10(2)3/h6-8,10H,4-5,9,14H2,1-3H3. The van der Waals surface area contributed by atoms with E-state index >= 15 is 0 Å². The molecule has 0 spiro atoms. The summed E-state index contributed by atoms with van der Waals surface area (Å²) in [5, 5.41) is 0. The summed E-state index contributed by atoms with van der Waals surface area (Å²) >= 11 is 0. The number of hydrogen-bond donors (Lipinski definition) is 1. The van der Waals surface area contributed by atoms with Gasteiger partial charge in [0.25, 0.3) is 0 Å². The Kier molecular flexibility index (Phi) is 4.96. The molecule has 0 heterocycles. The smallest absolute Gasteiger partial charge is 0.125 e. The van der Waals surface area contributed by atoms with Gasteiger partial charge in [0.2, 0.25) is 0 Å². The average Bonchev–Trinajstić information content (AvgIpc) is 2.23. The molecule has 0 unspecified atom stereocenters. The summed E-state index contributed by atoms with van der Waals surface area (Å²) < 4.78 is 11.1. The van der Waals surface area contributed by atoms with Crippen LogP contribution in [0.3, 0.4) is 0 Å². The van der Waals surface area contributed by atoms with Crippen LogP contribution < -0.4 is 15.2 Å². The Morgan fingerprint density at radius 2 is 1.75 bits per heavy atom. The van der Waals surface area contributed by atoms with Crippen molar-refractivity contribution in [2.24, 2.45) is 5.92 Å². The molecule has 3 nitrogen and oxygen atoms in total. The predicted octanol–water partition coefficient (Wildman–Crippen LogP) is 3.09. The zero-order valence-electron chi connectivity index (χ0n) is 10.3. The molecule has 0 saturated carbocycles. The summed E-state index contributed by atoms with van der Waals surface area (Å²) in [7, 11) is 0. The summed E-state index contributed by atoms with van der Waals surface area (Å²) in [6.07, 6.45) is 0.983. The summed E-state index contributed by atoms with van der Waals surface area (Å²) in [6.45, 7) is 7.69. The quantitative estimate of drug-likeness (QED) is 0.754. The third-order valence-electron chi connectivity index (χ3n) is 1.96. The highest BCUT2D eigenvalue weighted by molar-refractivity contribution is 5.50. The molecule has 0 aliphatic rings. The molecule has 0 fully saturated rings. The lowest BCUT2D eigenvalue weighted by molar-refractivity contribution is 0.267. The molecule has 0 aliphatic carbocycles. The van der Waals surface area contributed by atoms with Gasteiger partial charge in [-0.25, -0.2) is 0 Å². The van der Waals surface area contributed by atoms with E-state index in [1.165, 1.54) is 0 Å². The van der Waals surface area contributed by atoms with Crippen LogP contribution in [0.25, 0.3) is 0 Å². The molecule has 0 atom stereocenters. The molecule has 1 aromatic rings. The first kappa shape index (κ1) is 12.7. The van der Waals surface area contributed by atoms with Gasteiger partial charge in [-0.15, -0.1) is 0 Å². The second kappa shape index (κ2) is 6.26. The van der Waals surface area contributed by atoms with E-state index < -0.39 is 0 Å². The van der Waals surface area contributed by atoms with Gasteiger partial charge in [-0.3, -0.25) is 0 Å². The summed E-state index contributed by atoms with van der Waals surface area (Å²) in [6, 6.07) is 5.52. The van der Waals surface area contributed by atoms with Crippen LogP contribution in [0.1, 0.15) is 27.2 Å². The van der Waals surface area contributed by atoms with Crippen LogP contribution in [0.5, 0.6) is 11.5 Å². The van der Waals surface area contributed by atoms with Crippen LogP contribution in [0.4, 0.5) is 5.69 Å². The van der Waals surface area contributed by atoms with Gasteiger partial charge in [0, 0.05) is 23.9 Å². The van der Waals surface area contributed by atoms with Crippen LogP contribution in [-0.4, -0.2) is 13.2 Å². The number of rotatable bonds is 6. The van der Waals surface area contributed by atoms with Crippen molar-refractivity contribution < 1.29 is 9.47 Å². The molecule has 0 saturated heterocycles. The van der Waals surface area contributed by atoms with Gasteiger partial charge in [-0.2, -0.15) is 0 Å². The van der Waals surface area contributed by atoms with Crippen molar-refractivity contribution in [2.75, 3.05) is 18.9 Å². The Hall–Kier alpha value is -1.38. The van der Waals surface area contributed by atoms with Crippen LogP contribution in [-0.2, 0) is 0 Å².